The van der Waals surface area contributed by atoms with Crippen LogP contribution in [0.4, 0.5) is 4.79 Å². The minimum atomic E-state index is -1.07. The van der Waals surface area contributed by atoms with E-state index >= 15 is 0 Å². The Balaban J connectivity index is 3.09. The van der Waals surface area contributed by atoms with E-state index in [4.69, 9.17) is 4.74 Å². The van der Waals surface area contributed by atoms with E-state index in [-0.39, 0.29) is 12.3 Å². The summed E-state index contributed by atoms with van der Waals surface area (Å²) in [6, 6.07) is 3.95. The van der Waals surface area contributed by atoms with Gasteiger partial charge in [-0.15, -0.1) is 0 Å². The van der Waals surface area contributed by atoms with Crippen LogP contribution in [0, 0.1) is 6.92 Å². The monoisotopic (exact) mass is 407 g/mol. The Bertz CT molecular complexity index is 763. The highest BCUT2D eigenvalue weighted by atomic mass is 16.6. The number of hydrogen-bond donors (Lipinski definition) is 3. The second kappa shape index (κ2) is 9.15. The summed E-state index contributed by atoms with van der Waals surface area (Å²) in [7, 11) is 1.45. The van der Waals surface area contributed by atoms with Crippen LogP contribution in [0.5, 0.6) is 5.75 Å². The molecule has 3 amide bonds. The van der Waals surface area contributed by atoms with Crippen molar-refractivity contribution < 1.29 is 24.2 Å². The van der Waals surface area contributed by atoms with Crippen LogP contribution < -0.4 is 10.6 Å². The lowest BCUT2D eigenvalue weighted by atomic mass is 9.99. The largest absolute Gasteiger partial charge is 0.507 e. The quantitative estimate of drug-likeness (QED) is 0.695. The molecule has 162 valence electrons. The molecule has 0 aliphatic heterocycles. The van der Waals surface area contributed by atoms with E-state index in [1.807, 2.05) is 20.8 Å². The first-order valence-electron chi connectivity index (χ1n) is 9.45. The number of aromatic hydroxyl groups is 1. The van der Waals surface area contributed by atoms with Crippen LogP contribution >= 0.6 is 0 Å². The van der Waals surface area contributed by atoms with E-state index in [9.17, 15) is 19.5 Å². The fourth-order valence-corrected chi connectivity index (χ4v) is 2.60. The van der Waals surface area contributed by atoms with Gasteiger partial charge >= 0.3 is 6.09 Å². The predicted molar refractivity (Wildman–Crippen MR) is 110 cm³/mol. The number of aryl methyl sites for hydroxylation is 1. The minimum Gasteiger partial charge on any atom is -0.507 e. The number of likely N-dealkylation sites (N-methyl/N-ethyl adjacent to an activating group) is 1. The number of para-hydroxylation sites is 1. The Kier molecular flexibility index (Phi) is 7.66. The molecule has 8 nitrogen and oxygen atoms in total. The molecule has 1 aromatic carbocycles. The predicted octanol–water partition coefficient (Wildman–Crippen LogP) is 2.64. The highest BCUT2D eigenvalue weighted by molar-refractivity contribution is 5.91. The molecule has 3 N–H and O–H groups in total. The Morgan fingerprint density at radius 2 is 1.72 bits per heavy atom. The number of ether oxygens (including phenoxy) is 1. The minimum absolute atomic E-state index is 0.0543. The summed E-state index contributed by atoms with van der Waals surface area (Å²) in [4.78, 5) is 38.7. The van der Waals surface area contributed by atoms with Gasteiger partial charge < -0.3 is 25.4 Å². The van der Waals surface area contributed by atoms with Crippen molar-refractivity contribution in [1.82, 2.24) is 15.5 Å². The summed E-state index contributed by atoms with van der Waals surface area (Å²) in [5, 5.41) is 15.7. The van der Waals surface area contributed by atoms with Crippen LogP contribution in [0.2, 0.25) is 0 Å². The molecule has 0 spiro atoms. The lowest BCUT2D eigenvalue weighted by Crippen LogP contribution is -2.50. The first-order valence-corrected chi connectivity index (χ1v) is 9.45. The normalized spacial score (nSPS) is 12.7. The van der Waals surface area contributed by atoms with Gasteiger partial charge in [0.15, 0.2) is 0 Å². The number of rotatable bonds is 5. The highest BCUT2D eigenvalue weighted by Gasteiger charge is 2.33. The van der Waals surface area contributed by atoms with E-state index in [1.165, 1.54) is 11.9 Å². The van der Waals surface area contributed by atoms with Crippen molar-refractivity contribution in [3.63, 3.8) is 0 Å². The fraction of sp³-hybridized carbons (Fsp3) is 0.571. The van der Waals surface area contributed by atoms with Gasteiger partial charge in [-0.3, -0.25) is 9.59 Å². The molecule has 1 aromatic rings. The summed E-state index contributed by atoms with van der Waals surface area (Å²) >= 11 is 0. The molecule has 0 saturated heterocycles. The number of benzene rings is 1. The molecule has 1 atom stereocenters. The zero-order valence-corrected chi connectivity index (χ0v) is 18.5. The number of amides is 3. The average Bonchev–Trinajstić information content (AvgIpc) is 2.53. The number of carbonyl (C=O) groups is 3. The number of nitrogens with zero attached hydrogens (tertiary/aromatic N) is 1. The zero-order valence-electron chi connectivity index (χ0n) is 18.5. The second-order valence-electron chi connectivity index (χ2n) is 9.01. The van der Waals surface area contributed by atoms with Crippen molar-refractivity contribution in [2.24, 2.45) is 0 Å². The van der Waals surface area contributed by atoms with Gasteiger partial charge in [0.05, 0.1) is 0 Å². The number of nitrogens with one attached hydrogen (secondary N) is 2. The smallest absolute Gasteiger partial charge is 0.408 e. The fourth-order valence-electron chi connectivity index (χ4n) is 2.60. The molecule has 0 aliphatic rings. The van der Waals surface area contributed by atoms with Gasteiger partial charge in [0, 0.05) is 18.2 Å². The number of alkyl carbamates (subject to hydrolysis) is 1. The topological polar surface area (TPSA) is 108 Å². The Labute approximate surface area is 172 Å². The summed E-state index contributed by atoms with van der Waals surface area (Å²) in [5.41, 5.74) is -0.335. The van der Waals surface area contributed by atoms with Gasteiger partial charge in [0.2, 0.25) is 11.8 Å². The third-order valence-electron chi connectivity index (χ3n) is 3.87. The van der Waals surface area contributed by atoms with Crippen molar-refractivity contribution >= 4 is 17.9 Å². The van der Waals surface area contributed by atoms with Crippen molar-refractivity contribution in [3.8, 4) is 5.75 Å². The summed E-state index contributed by atoms with van der Waals surface area (Å²) in [6.07, 6.45) is -0.728. The van der Waals surface area contributed by atoms with E-state index in [1.54, 1.807) is 45.9 Å². The molecule has 0 aromatic heterocycles. The first kappa shape index (κ1) is 24.3. The molecule has 1 rings (SSSR count). The van der Waals surface area contributed by atoms with E-state index in [0.29, 0.717) is 11.1 Å². The molecule has 0 saturated carbocycles. The molecule has 0 radical (unpaired) electrons. The maximum Gasteiger partial charge on any atom is 0.408 e. The summed E-state index contributed by atoms with van der Waals surface area (Å²) < 4.78 is 5.12. The molecule has 0 heterocycles. The van der Waals surface area contributed by atoms with E-state index in [2.05, 4.69) is 10.6 Å². The third kappa shape index (κ3) is 7.63. The van der Waals surface area contributed by atoms with Gasteiger partial charge in [-0.25, -0.2) is 4.79 Å². The Morgan fingerprint density at radius 1 is 1.14 bits per heavy atom. The Morgan fingerprint density at radius 3 is 2.24 bits per heavy atom. The van der Waals surface area contributed by atoms with Gasteiger partial charge in [0.1, 0.15) is 23.9 Å². The molecule has 1 unspecified atom stereocenters. The lowest BCUT2D eigenvalue weighted by molar-refractivity contribution is -0.139. The average molecular weight is 408 g/mol. The molecular weight excluding hydrogens is 374 g/mol. The standard InChI is InChI=1S/C21H33N3O5/c1-13-10-9-11-14(17(13)26)16(18(27)23-20(2,3)4)24(8)15(25)12-22-19(28)29-21(5,6)7/h9-11,16,26H,12H2,1-8H3,(H,22,28)(H,23,27). The van der Waals surface area contributed by atoms with Gasteiger partial charge in [-0.05, 0) is 54.0 Å². The zero-order chi connectivity index (χ0) is 22.6. The molecule has 0 fully saturated rings. The van der Waals surface area contributed by atoms with Gasteiger partial charge in [-0.1, -0.05) is 18.2 Å². The first-order chi connectivity index (χ1) is 13.1. The molecule has 29 heavy (non-hydrogen) atoms. The van der Waals surface area contributed by atoms with Crippen LogP contribution in [0.3, 0.4) is 0 Å². The van der Waals surface area contributed by atoms with Crippen molar-refractivity contribution in [1.29, 1.82) is 0 Å². The van der Waals surface area contributed by atoms with E-state index in [0.717, 1.165) is 0 Å². The number of carbonyl (C=O) groups excluding carboxylic acids is 3. The van der Waals surface area contributed by atoms with Crippen molar-refractivity contribution in [3.05, 3.63) is 29.3 Å². The number of phenols is 1. The van der Waals surface area contributed by atoms with Crippen molar-refractivity contribution in [2.75, 3.05) is 13.6 Å². The summed E-state index contributed by atoms with van der Waals surface area (Å²) in [6.45, 7) is 12.0. The van der Waals surface area contributed by atoms with Crippen LogP contribution in [-0.2, 0) is 14.3 Å². The van der Waals surface area contributed by atoms with E-state index < -0.39 is 35.1 Å². The lowest BCUT2D eigenvalue weighted by Gasteiger charge is -2.31. The van der Waals surface area contributed by atoms with Crippen molar-refractivity contribution in [2.45, 2.75) is 65.6 Å². The number of phenolic OH excluding ortho intramolecular Hbond substituents is 1. The van der Waals surface area contributed by atoms with Crippen LogP contribution in [0.25, 0.3) is 0 Å². The van der Waals surface area contributed by atoms with Gasteiger partial charge in [0.25, 0.3) is 0 Å². The molecule has 0 bridgehead atoms. The van der Waals surface area contributed by atoms with Gasteiger partial charge in [-0.2, -0.15) is 0 Å². The van der Waals surface area contributed by atoms with Crippen LogP contribution in [-0.4, -0.2) is 52.6 Å². The highest BCUT2D eigenvalue weighted by Crippen LogP contribution is 2.31. The maximum atomic E-state index is 13.0. The molecule has 8 heteroatoms. The third-order valence-corrected chi connectivity index (χ3v) is 3.87. The van der Waals surface area contributed by atoms with Crippen LogP contribution in [0.15, 0.2) is 18.2 Å². The number of hydrogen-bond acceptors (Lipinski definition) is 5. The molecular formula is C21H33N3O5. The molecule has 0 aliphatic carbocycles. The SMILES string of the molecule is Cc1cccc(C(C(=O)NC(C)(C)C)N(C)C(=O)CNC(=O)OC(C)(C)C)c1O. The Hall–Kier alpha value is -2.77. The maximum absolute atomic E-state index is 13.0. The second-order valence-corrected chi connectivity index (χ2v) is 9.01. The summed E-state index contributed by atoms with van der Waals surface area (Å²) in [5.74, 6) is -1.00. The van der Waals surface area contributed by atoms with Crippen LogP contribution in [0.1, 0.15) is 58.7 Å².